The van der Waals surface area contributed by atoms with Crippen LogP contribution in [0.15, 0.2) is 0 Å². The van der Waals surface area contributed by atoms with E-state index in [-0.39, 0.29) is 6.10 Å². The molecule has 1 saturated heterocycles. The topological polar surface area (TPSA) is 35.5 Å². The van der Waals surface area contributed by atoms with Crippen LogP contribution in [0.5, 0.6) is 0 Å². The smallest absolute Gasteiger partial charge is 0.0695 e. The summed E-state index contributed by atoms with van der Waals surface area (Å²) >= 11 is 0. The highest BCUT2D eigenvalue weighted by Gasteiger charge is 2.34. The summed E-state index contributed by atoms with van der Waals surface area (Å²) in [7, 11) is 0. The summed E-state index contributed by atoms with van der Waals surface area (Å²) in [4.78, 5) is 2.61. The van der Waals surface area contributed by atoms with Gasteiger partial charge in [0.25, 0.3) is 0 Å². The molecule has 106 valence electrons. The molecule has 1 saturated carbocycles. The Balaban J connectivity index is 1.93. The SMILES string of the molecule is CC(C)NCC1CCCCN1C1CCCCC1O. The minimum Gasteiger partial charge on any atom is -0.391 e. The van der Waals surface area contributed by atoms with E-state index in [2.05, 4.69) is 24.1 Å². The molecule has 0 aromatic heterocycles. The molecule has 2 aliphatic rings. The maximum Gasteiger partial charge on any atom is 0.0695 e. The van der Waals surface area contributed by atoms with E-state index in [0.717, 1.165) is 13.0 Å². The zero-order valence-corrected chi connectivity index (χ0v) is 12.1. The van der Waals surface area contributed by atoms with Crippen molar-refractivity contribution in [3.05, 3.63) is 0 Å². The number of aliphatic hydroxyl groups excluding tert-OH is 1. The van der Waals surface area contributed by atoms with Gasteiger partial charge in [-0.3, -0.25) is 4.90 Å². The molecule has 0 spiro atoms. The van der Waals surface area contributed by atoms with Crippen molar-refractivity contribution in [2.45, 2.75) is 83.0 Å². The van der Waals surface area contributed by atoms with Gasteiger partial charge in [0, 0.05) is 24.7 Å². The zero-order chi connectivity index (χ0) is 13.0. The highest BCUT2D eigenvalue weighted by Crippen LogP contribution is 2.28. The van der Waals surface area contributed by atoms with E-state index in [4.69, 9.17) is 0 Å². The lowest BCUT2D eigenvalue weighted by Gasteiger charge is -2.45. The maximum atomic E-state index is 10.3. The lowest BCUT2D eigenvalue weighted by atomic mass is 9.88. The Morgan fingerprint density at radius 2 is 1.83 bits per heavy atom. The summed E-state index contributed by atoms with van der Waals surface area (Å²) in [6.45, 7) is 6.69. The second kappa shape index (κ2) is 6.88. The first-order valence-corrected chi connectivity index (χ1v) is 7.85. The van der Waals surface area contributed by atoms with E-state index in [1.54, 1.807) is 0 Å². The molecule has 2 N–H and O–H groups in total. The Kier molecular flexibility index (Phi) is 5.46. The van der Waals surface area contributed by atoms with Gasteiger partial charge in [0.1, 0.15) is 0 Å². The normalized spacial score (nSPS) is 35.0. The number of nitrogens with one attached hydrogen (secondary N) is 1. The number of likely N-dealkylation sites (tertiary alicyclic amines) is 1. The summed E-state index contributed by atoms with van der Waals surface area (Å²) in [5.74, 6) is 0. The molecule has 0 aromatic rings. The van der Waals surface area contributed by atoms with Gasteiger partial charge < -0.3 is 10.4 Å². The minimum atomic E-state index is -0.0848. The van der Waals surface area contributed by atoms with Gasteiger partial charge in [-0.2, -0.15) is 0 Å². The monoisotopic (exact) mass is 254 g/mol. The Labute approximate surface area is 112 Å². The molecule has 3 nitrogen and oxygen atoms in total. The fourth-order valence-corrected chi connectivity index (χ4v) is 3.53. The van der Waals surface area contributed by atoms with Crippen LogP contribution in [0, 0.1) is 0 Å². The molecule has 1 aliphatic heterocycles. The number of hydrogen-bond acceptors (Lipinski definition) is 3. The molecular formula is C15H30N2O. The Morgan fingerprint density at radius 1 is 1.11 bits per heavy atom. The molecule has 0 aromatic carbocycles. The van der Waals surface area contributed by atoms with E-state index in [1.165, 1.54) is 45.1 Å². The van der Waals surface area contributed by atoms with Crippen molar-refractivity contribution in [3.63, 3.8) is 0 Å². The van der Waals surface area contributed by atoms with Gasteiger partial charge in [-0.15, -0.1) is 0 Å². The average Bonchev–Trinajstić information content (AvgIpc) is 2.37. The molecule has 18 heavy (non-hydrogen) atoms. The van der Waals surface area contributed by atoms with Crippen LogP contribution in [0.1, 0.15) is 58.8 Å². The van der Waals surface area contributed by atoms with Crippen LogP contribution in [0.2, 0.25) is 0 Å². The molecular weight excluding hydrogens is 224 g/mol. The third kappa shape index (κ3) is 3.69. The predicted octanol–water partition coefficient (Wildman–Crippen LogP) is 2.14. The first-order valence-electron chi connectivity index (χ1n) is 7.85. The molecule has 1 heterocycles. The van der Waals surface area contributed by atoms with Crippen LogP contribution in [0.25, 0.3) is 0 Å². The molecule has 2 rings (SSSR count). The molecule has 2 fully saturated rings. The summed E-state index contributed by atoms with van der Waals surface area (Å²) in [5, 5.41) is 13.8. The van der Waals surface area contributed by atoms with Crippen molar-refractivity contribution in [2.75, 3.05) is 13.1 Å². The molecule has 0 amide bonds. The Bertz CT molecular complexity index is 245. The second-order valence-corrected chi connectivity index (χ2v) is 6.37. The van der Waals surface area contributed by atoms with Gasteiger partial charge in [0.15, 0.2) is 0 Å². The van der Waals surface area contributed by atoms with Gasteiger partial charge in [-0.05, 0) is 32.2 Å². The lowest BCUT2D eigenvalue weighted by Crippen LogP contribution is -2.55. The fourth-order valence-electron chi connectivity index (χ4n) is 3.53. The molecule has 0 radical (unpaired) electrons. The highest BCUT2D eigenvalue weighted by molar-refractivity contribution is 4.90. The van der Waals surface area contributed by atoms with E-state index >= 15 is 0 Å². The van der Waals surface area contributed by atoms with Gasteiger partial charge in [0.05, 0.1) is 6.10 Å². The Morgan fingerprint density at radius 3 is 2.56 bits per heavy atom. The number of rotatable bonds is 4. The van der Waals surface area contributed by atoms with E-state index < -0.39 is 0 Å². The first kappa shape index (κ1) is 14.3. The van der Waals surface area contributed by atoms with Crippen LogP contribution < -0.4 is 5.32 Å². The largest absolute Gasteiger partial charge is 0.391 e. The van der Waals surface area contributed by atoms with Crippen LogP contribution in [0.3, 0.4) is 0 Å². The van der Waals surface area contributed by atoms with Crippen LogP contribution in [0.4, 0.5) is 0 Å². The summed E-state index contributed by atoms with van der Waals surface area (Å²) in [6.07, 6.45) is 8.57. The highest BCUT2D eigenvalue weighted by atomic mass is 16.3. The summed E-state index contributed by atoms with van der Waals surface area (Å²) in [6, 6.07) is 1.63. The van der Waals surface area contributed by atoms with Crippen molar-refractivity contribution < 1.29 is 5.11 Å². The quantitative estimate of drug-likeness (QED) is 0.807. The summed E-state index contributed by atoms with van der Waals surface area (Å²) < 4.78 is 0. The van der Waals surface area contributed by atoms with Gasteiger partial charge in [-0.25, -0.2) is 0 Å². The molecule has 3 atom stereocenters. The van der Waals surface area contributed by atoms with E-state index in [9.17, 15) is 5.11 Å². The zero-order valence-electron chi connectivity index (χ0n) is 12.1. The third-order valence-corrected chi connectivity index (χ3v) is 4.55. The standard InChI is InChI=1S/C15H30N2O/c1-12(2)16-11-13-7-5-6-10-17(13)14-8-3-4-9-15(14)18/h12-16,18H,3-11H2,1-2H3. The first-order chi connectivity index (χ1) is 8.68. The van der Waals surface area contributed by atoms with Crippen molar-refractivity contribution >= 4 is 0 Å². The lowest BCUT2D eigenvalue weighted by molar-refractivity contribution is -0.0149. The van der Waals surface area contributed by atoms with Crippen LogP contribution in [-0.2, 0) is 0 Å². The predicted molar refractivity (Wildman–Crippen MR) is 75.7 cm³/mol. The molecule has 0 bridgehead atoms. The van der Waals surface area contributed by atoms with E-state index in [1.807, 2.05) is 0 Å². The van der Waals surface area contributed by atoms with Crippen molar-refractivity contribution in [3.8, 4) is 0 Å². The van der Waals surface area contributed by atoms with Gasteiger partial charge in [0.2, 0.25) is 0 Å². The summed E-state index contributed by atoms with van der Waals surface area (Å²) in [5.41, 5.74) is 0. The van der Waals surface area contributed by atoms with Crippen molar-refractivity contribution in [1.29, 1.82) is 0 Å². The number of hydrogen-bond donors (Lipinski definition) is 2. The molecule has 3 unspecified atom stereocenters. The number of aliphatic hydroxyl groups is 1. The third-order valence-electron chi connectivity index (χ3n) is 4.55. The Hall–Kier alpha value is -0.120. The fraction of sp³-hybridized carbons (Fsp3) is 1.00. The van der Waals surface area contributed by atoms with Crippen LogP contribution in [-0.4, -0.2) is 47.3 Å². The van der Waals surface area contributed by atoms with Gasteiger partial charge >= 0.3 is 0 Å². The minimum absolute atomic E-state index is 0.0848. The van der Waals surface area contributed by atoms with Crippen molar-refractivity contribution in [1.82, 2.24) is 10.2 Å². The number of piperidine rings is 1. The van der Waals surface area contributed by atoms with Crippen molar-refractivity contribution in [2.24, 2.45) is 0 Å². The van der Waals surface area contributed by atoms with Gasteiger partial charge in [-0.1, -0.05) is 33.1 Å². The van der Waals surface area contributed by atoms with E-state index in [0.29, 0.717) is 18.1 Å². The van der Waals surface area contributed by atoms with Crippen LogP contribution >= 0.6 is 0 Å². The number of nitrogens with zero attached hydrogens (tertiary/aromatic N) is 1. The maximum absolute atomic E-state index is 10.3. The average molecular weight is 254 g/mol. The molecule has 1 aliphatic carbocycles. The molecule has 3 heteroatoms. The second-order valence-electron chi connectivity index (χ2n) is 6.37.